The summed E-state index contributed by atoms with van der Waals surface area (Å²) in [6.07, 6.45) is 5.30. The number of carbonyl (C=O) groups is 1. The maximum Gasteiger partial charge on any atom is 0.255 e. The molecule has 3 aromatic rings. The first-order valence-electron chi connectivity index (χ1n) is 8.66. The zero-order valence-corrected chi connectivity index (χ0v) is 14.6. The molecule has 0 saturated heterocycles. The summed E-state index contributed by atoms with van der Waals surface area (Å²) in [6, 6.07) is 11.4. The van der Waals surface area contributed by atoms with Crippen LogP contribution in [0.4, 0.5) is 10.1 Å². The molecular weight excluding hydrogens is 329 g/mol. The summed E-state index contributed by atoms with van der Waals surface area (Å²) in [7, 11) is 2.12. The van der Waals surface area contributed by atoms with E-state index in [1.807, 2.05) is 24.4 Å². The number of halogens is 1. The Balaban J connectivity index is 1.62. The van der Waals surface area contributed by atoms with Crippen LogP contribution in [0.1, 0.15) is 22.3 Å². The van der Waals surface area contributed by atoms with Crippen molar-refractivity contribution < 1.29 is 9.18 Å². The molecule has 4 nitrogen and oxygen atoms in total. The number of rotatable bonds is 3. The SMILES string of the molecule is CN1CC=C(c2c[nH]c3ccc(NC(=O)c4ccc(F)cc4)cc23)CC1. The molecule has 1 aliphatic rings. The number of amides is 1. The minimum absolute atomic E-state index is 0.250. The van der Waals surface area contributed by atoms with Crippen molar-refractivity contribution in [3.05, 3.63) is 71.7 Å². The molecule has 0 spiro atoms. The molecule has 0 radical (unpaired) electrons. The van der Waals surface area contributed by atoms with Gasteiger partial charge in [0.05, 0.1) is 0 Å². The number of carbonyl (C=O) groups excluding carboxylic acids is 1. The van der Waals surface area contributed by atoms with E-state index in [1.54, 1.807) is 0 Å². The number of aromatic amines is 1. The zero-order valence-electron chi connectivity index (χ0n) is 14.6. The number of likely N-dealkylation sites (N-methyl/N-ethyl adjacent to an activating group) is 1. The highest BCUT2D eigenvalue weighted by molar-refractivity contribution is 6.05. The lowest BCUT2D eigenvalue weighted by Crippen LogP contribution is -2.23. The van der Waals surface area contributed by atoms with Crippen molar-refractivity contribution in [3.8, 4) is 0 Å². The Kier molecular flexibility index (Phi) is 4.31. The Morgan fingerprint density at radius 1 is 1.19 bits per heavy atom. The van der Waals surface area contributed by atoms with Crippen LogP contribution in [0.3, 0.4) is 0 Å². The van der Waals surface area contributed by atoms with Crippen LogP contribution >= 0.6 is 0 Å². The molecule has 4 rings (SSSR count). The number of H-pyrrole nitrogens is 1. The average molecular weight is 349 g/mol. The van der Waals surface area contributed by atoms with Crippen molar-refractivity contribution in [3.63, 3.8) is 0 Å². The van der Waals surface area contributed by atoms with Gasteiger partial charge in [0, 0.05) is 47.0 Å². The summed E-state index contributed by atoms with van der Waals surface area (Å²) in [5.41, 5.74) is 4.71. The van der Waals surface area contributed by atoms with Crippen LogP contribution in [0.15, 0.2) is 54.7 Å². The predicted molar refractivity (Wildman–Crippen MR) is 103 cm³/mol. The molecule has 0 saturated carbocycles. The number of hydrogen-bond donors (Lipinski definition) is 2. The third-order valence-corrected chi connectivity index (χ3v) is 4.80. The highest BCUT2D eigenvalue weighted by atomic mass is 19.1. The Morgan fingerprint density at radius 3 is 2.73 bits per heavy atom. The van der Waals surface area contributed by atoms with Crippen LogP contribution in [-0.2, 0) is 0 Å². The summed E-state index contributed by atoms with van der Waals surface area (Å²) < 4.78 is 13.0. The van der Waals surface area contributed by atoms with Gasteiger partial charge in [0.25, 0.3) is 5.91 Å². The molecule has 0 aliphatic carbocycles. The largest absolute Gasteiger partial charge is 0.361 e. The first kappa shape index (κ1) is 16.5. The van der Waals surface area contributed by atoms with Crippen molar-refractivity contribution in [2.24, 2.45) is 0 Å². The lowest BCUT2D eigenvalue weighted by molar-refractivity contribution is 0.102. The molecule has 1 aliphatic heterocycles. The van der Waals surface area contributed by atoms with Crippen LogP contribution in [0, 0.1) is 5.82 Å². The van der Waals surface area contributed by atoms with E-state index in [1.165, 1.54) is 35.4 Å². The smallest absolute Gasteiger partial charge is 0.255 e. The summed E-state index contributed by atoms with van der Waals surface area (Å²) in [4.78, 5) is 18.0. The van der Waals surface area contributed by atoms with Crippen LogP contribution < -0.4 is 5.32 Å². The van der Waals surface area contributed by atoms with Gasteiger partial charge < -0.3 is 15.2 Å². The van der Waals surface area contributed by atoms with E-state index in [0.29, 0.717) is 5.56 Å². The van der Waals surface area contributed by atoms with Crippen molar-refractivity contribution in [1.29, 1.82) is 0 Å². The van der Waals surface area contributed by atoms with Crippen molar-refractivity contribution in [2.45, 2.75) is 6.42 Å². The van der Waals surface area contributed by atoms with Crippen LogP contribution in [0.2, 0.25) is 0 Å². The number of anilines is 1. The van der Waals surface area contributed by atoms with Gasteiger partial charge in [-0.1, -0.05) is 6.08 Å². The maximum absolute atomic E-state index is 13.0. The molecule has 2 heterocycles. The van der Waals surface area contributed by atoms with Crippen molar-refractivity contribution in [2.75, 3.05) is 25.5 Å². The molecule has 5 heteroatoms. The second kappa shape index (κ2) is 6.77. The van der Waals surface area contributed by atoms with Gasteiger partial charge in [-0.15, -0.1) is 0 Å². The van der Waals surface area contributed by atoms with Gasteiger partial charge in [-0.05, 0) is 61.5 Å². The fourth-order valence-corrected chi connectivity index (χ4v) is 3.28. The fourth-order valence-electron chi connectivity index (χ4n) is 3.28. The van der Waals surface area contributed by atoms with Crippen molar-refractivity contribution >= 4 is 28.1 Å². The minimum atomic E-state index is -0.355. The topological polar surface area (TPSA) is 48.1 Å². The Labute approximate surface area is 151 Å². The molecule has 0 atom stereocenters. The van der Waals surface area contributed by atoms with E-state index >= 15 is 0 Å². The van der Waals surface area contributed by atoms with Crippen molar-refractivity contribution in [1.82, 2.24) is 9.88 Å². The van der Waals surface area contributed by atoms with Gasteiger partial charge in [-0.25, -0.2) is 4.39 Å². The second-order valence-corrected chi connectivity index (χ2v) is 6.67. The van der Waals surface area contributed by atoms with E-state index in [4.69, 9.17) is 0 Å². The molecule has 26 heavy (non-hydrogen) atoms. The first-order valence-corrected chi connectivity index (χ1v) is 8.66. The van der Waals surface area contributed by atoms with Crippen LogP contribution in [0.25, 0.3) is 16.5 Å². The third-order valence-electron chi connectivity index (χ3n) is 4.80. The van der Waals surface area contributed by atoms with E-state index in [9.17, 15) is 9.18 Å². The lowest BCUT2D eigenvalue weighted by atomic mass is 9.99. The lowest BCUT2D eigenvalue weighted by Gasteiger charge is -2.21. The molecule has 1 aromatic heterocycles. The minimum Gasteiger partial charge on any atom is -0.361 e. The summed E-state index contributed by atoms with van der Waals surface area (Å²) in [6.45, 7) is 1.99. The van der Waals surface area contributed by atoms with Gasteiger partial charge in [-0.2, -0.15) is 0 Å². The Morgan fingerprint density at radius 2 is 2.00 bits per heavy atom. The number of aromatic nitrogens is 1. The van der Waals surface area contributed by atoms with Gasteiger partial charge >= 0.3 is 0 Å². The highest BCUT2D eigenvalue weighted by Crippen LogP contribution is 2.30. The fraction of sp³-hybridized carbons (Fsp3) is 0.190. The normalized spacial score (nSPS) is 15.1. The van der Waals surface area contributed by atoms with Gasteiger partial charge in [0.2, 0.25) is 0 Å². The summed E-state index contributed by atoms with van der Waals surface area (Å²) in [5, 5.41) is 3.99. The molecular formula is C21H20FN3O. The number of nitrogens with one attached hydrogen (secondary N) is 2. The summed E-state index contributed by atoms with van der Waals surface area (Å²) >= 11 is 0. The quantitative estimate of drug-likeness (QED) is 0.741. The monoisotopic (exact) mass is 349 g/mol. The molecule has 0 unspecified atom stereocenters. The second-order valence-electron chi connectivity index (χ2n) is 6.67. The number of nitrogens with zero attached hydrogens (tertiary/aromatic N) is 1. The number of fused-ring (bicyclic) bond motifs is 1. The maximum atomic E-state index is 13.0. The first-order chi connectivity index (χ1) is 12.6. The van der Waals surface area contributed by atoms with E-state index in [0.717, 1.165) is 36.1 Å². The number of hydrogen-bond acceptors (Lipinski definition) is 2. The van der Waals surface area contributed by atoms with E-state index < -0.39 is 0 Å². The van der Waals surface area contributed by atoms with E-state index in [2.05, 4.69) is 28.3 Å². The molecule has 2 aromatic carbocycles. The van der Waals surface area contributed by atoms with Gasteiger partial charge in [0.1, 0.15) is 5.82 Å². The van der Waals surface area contributed by atoms with Gasteiger partial charge in [0.15, 0.2) is 0 Å². The number of benzene rings is 2. The van der Waals surface area contributed by atoms with Crippen LogP contribution in [0.5, 0.6) is 0 Å². The van der Waals surface area contributed by atoms with E-state index in [-0.39, 0.29) is 11.7 Å². The Hall–Kier alpha value is -2.92. The zero-order chi connectivity index (χ0) is 18.1. The molecule has 1 amide bonds. The molecule has 132 valence electrons. The highest BCUT2D eigenvalue weighted by Gasteiger charge is 2.14. The average Bonchev–Trinajstić information content (AvgIpc) is 3.06. The molecule has 0 fully saturated rings. The third kappa shape index (κ3) is 3.26. The summed E-state index contributed by atoms with van der Waals surface area (Å²) in [5.74, 6) is -0.605. The van der Waals surface area contributed by atoms with Gasteiger partial charge in [-0.3, -0.25) is 4.79 Å². The molecule has 0 bridgehead atoms. The Bertz CT molecular complexity index is 988. The predicted octanol–water partition coefficient (Wildman–Crippen LogP) is 4.28. The standard InChI is InChI=1S/C21H20FN3O/c1-25-10-8-14(9-11-25)19-13-23-20-7-6-17(12-18(19)20)24-21(26)15-2-4-16(22)5-3-15/h2-8,12-13,23H,9-11H2,1H3,(H,24,26). The van der Waals surface area contributed by atoms with Crippen LogP contribution in [-0.4, -0.2) is 35.9 Å². The molecule has 2 N–H and O–H groups in total.